The number of nitrogens with zero attached hydrogens (tertiary/aromatic N) is 20. The van der Waals surface area contributed by atoms with E-state index >= 15 is 0 Å². The Hall–Kier alpha value is -14.8. The fourth-order valence-electron chi connectivity index (χ4n) is 19.2. The second-order valence-electron chi connectivity index (χ2n) is 38.1. The number of aliphatic hydroxyl groups is 2. The molecule has 11 aliphatic rings. The summed E-state index contributed by atoms with van der Waals surface area (Å²) in [5.41, 5.74) is 32.7. The van der Waals surface area contributed by atoms with Crippen LogP contribution >= 0.6 is 11.6 Å². The van der Waals surface area contributed by atoms with Gasteiger partial charge in [0.15, 0.2) is 40.7 Å². The molecule has 16 N–H and O–H groups in total. The van der Waals surface area contributed by atoms with Crippen LogP contribution in [0.25, 0.3) is 27.6 Å². The van der Waals surface area contributed by atoms with Gasteiger partial charge in [-0.3, -0.25) is 24.6 Å². The molecule has 0 atom stereocenters. The second kappa shape index (κ2) is 51.7. The number of pyridine rings is 5. The molecule has 0 amide bonds. The number of ketones is 4. The van der Waals surface area contributed by atoms with Gasteiger partial charge in [0.1, 0.15) is 63.9 Å². The van der Waals surface area contributed by atoms with Crippen LogP contribution in [0, 0.1) is 5.41 Å². The van der Waals surface area contributed by atoms with E-state index in [4.69, 9.17) is 78.9 Å². The fourth-order valence-corrected chi connectivity index (χ4v) is 19.4. The van der Waals surface area contributed by atoms with Gasteiger partial charge in [-0.15, -0.1) is 25.5 Å². The molecule has 40 heteroatoms. The largest absolute Gasteiger partial charge is 0.490 e. The monoisotopic (exact) mass is 2040 g/mol. The Morgan fingerprint density at radius 1 is 0.389 bits per heavy atom. The van der Waals surface area contributed by atoms with E-state index in [1.54, 1.807) is 76.8 Å². The summed E-state index contributed by atoms with van der Waals surface area (Å²) in [5, 5.41) is 73.3. The van der Waals surface area contributed by atoms with Crippen LogP contribution in [0.15, 0.2) is 263 Å². The van der Waals surface area contributed by atoms with Crippen molar-refractivity contribution in [1.82, 2.24) is 83.2 Å². The summed E-state index contributed by atoms with van der Waals surface area (Å²) in [4.78, 5) is 84.9. The zero-order chi connectivity index (χ0) is 103. The quantitative estimate of drug-likeness (QED) is 0.0142. The molecule has 149 heavy (non-hydrogen) atoms. The van der Waals surface area contributed by atoms with E-state index in [0.29, 0.717) is 128 Å². The number of carbonyl (C=O) groups is 4. The lowest BCUT2D eigenvalue weighted by atomic mass is 10.0. The van der Waals surface area contributed by atoms with Crippen molar-refractivity contribution in [3.8, 4) is 0 Å². The number of aliphatic imine (C=N–C) groups is 5. The van der Waals surface area contributed by atoms with Crippen LogP contribution < -0.4 is 54.4 Å². The number of Topliss-reactive ketones (excluding diaryl/α,β-unsaturated/α-hetero) is 1. The third-order valence-corrected chi connectivity index (χ3v) is 27.6. The summed E-state index contributed by atoms with van der Waals surface area (Å²) in [5.74, 6) is 4.04. The number of nitrogens with one attached hydrogen (secondary N) is 8. The number of aliphatic hydroxyl groups excluding tert-OH is 2. The third kappa shape index (κ3) is 27.4. The highest BCUT2D eigenvalue weighted by atomic mass is 35.5. The number of morpholine rings is 1. The smallest absolute Gasteiger partial charge is 0.206 e. The minimum Gasteiger partial charge on any atom is -0.490 e. The predicted molar refractivity (Wildman–Crippen MR) is 590 cm³/mol. The van der Waals surface area contributed by atoms with Crippen LogP contribution in [0.1, 0.15) is 117 Å². The number of hydrogen-bond acceptors (Lipinski definition) is 34. The van der Waals surface area contributed by atoms with Gasteiger partial charge in [0.25, 0.3) is 0 Å². The molecule has 10 aromatic heterocycles. The van der Waals surface area contributed by atoms with Gasteiger partial charge < -0.3 is 98.6 Å². The molecule has 5 aliphatic carbocycles. The molecule has 0 spiro atoms. The molecule has 0 aromatic carbocycles. The van der Waals surface area contributed by atoms with Gasteiger partial charge in [0.05, 0.1) is 97.8 Å². The molecule has 6 saturated heterocycles. The Labute approximate surface area is 871 Å². The Kier molecular flexibility index (Phi) is 36.6. The van der Waals surface area contributed by atoms with Gasteiger partial charge >= 0.3 is 0 Å². The third-order valence-electron chi connectivity index (χ3n) is 27.3. The van der Waals surface area contributed by atoms with Gasteiger partial charge in [-0.1, -0.05) is 74.0 Å². The van der Waals surface area contributed by atoms with Crippen LogP contribution in [0.3, 0.4) is 0 Å². The van der Waals surface area contributed by atoms with Gasteiger partial charge in [0.2, 0.25) is 11.6 Å². The molecule has 0 saturated carbocycles. The average molecular weight is 2040 g/mol. The second-order valence-corrected chi connectivity index (χ2v) is 38.5. The minimum absolute atomic E-state index is 0.0137. The number of carbonyl (C=O) groups excluding carboxylic acids is 4. The first-order chi connectivity index (χ1) is 72.7. The molecule has 0 bridgehead atoms. The average Bonchev–Trinajstić information content (AvgIpc) is 1.66. The van der Waals surface area contributed by atoms with Crippen molar-refractivity contribution in [3.63, 3.8) is 0 Å². The number of anilines is 5. The van der Waals surface area contributed by atoms with E-state index in [-0.39, 0.29) is 59.4 Å². The molecule has 39 nitrogen and oxygen atoms in total. The maximum Gasteiger partial charge on any atom is 0.206 e. The zero-order valence-corrected chi connectivity index (χ0v) is 85.9. The van der Waals surface area contributed by atoms with Crippen LogP contribution in [0.5, 0.6) is 0 Å². The van der Waals surface area contributed by atoms with Crippen molar-refractivity contribution in [3.05, 3.63) is 238 Å². The molecule has 0 unspecified atom stereocenters. The van der Waals surface area contributed by atoms with Gasteiger partial charge in [-0.05, 0) is 247 Å². The Balaban J connectivity index is 0.000000127. The van der Waals surface area contributed by atoms with Gasteiger partial charge in [0, 0.05) is 145 Å². The van der Waals surface area contributed by atoms with E-state index in [1.807, 2.05) is 131 Å². The van der Waals surface area contributed by atoms with Crippen molar-refractivity contribution in [2.24, 2.45) is 42.2 Å². The molecule has 21 rings (SSSR count). The van der Waals surface area contributed by atoms with E-state index in [0.717, 1.165) is 174 Å². The number of aromatic nitrogens is 10. The van der Waals surface area contributed by atoms with E-state index in [9.17, 15) is 24.3 Å². The van der Waals surface area contributed by atoms with Crippen molar-refractivity contribution < 1.29 is 38.9 Å². The van der Waals surface area contributed by atoms with Gasteiger partial charge in [-0.2, -0.15) is 0 Å². The minimum atomic E-state index is -0.261. The number of nitrogens with two attached hydrogens (primary N) is 3. The topological polar surface area (TPSA) is 478 Å². The van der Waals surface area contributed by atoms with Gasteiger partial charge in [-0.25, -0.2) is 47.5 Å². The first-order valence-corrected chi connectivity index (χ1v) is 52.5. The molecular formula is C109H136ClN31O8. The predicted octanol–water partition coefficient (Wildman–Crippen LogP) is 12.6. The van der Waals surface area contributed by atoms with Crippen molar-refractivity contribution in [1.29, 1.82) is 5.41 Å². The Morgan fingerprint density at radius 3 is 1.13 bits per heavy atom. The van der Waals surface area contributed by atoms with E-state index < -0.39 is 0 Å². The molecule has 6 fully saturated rings. The normalized spacial score (nSPS) is 19.7. The Morgan fingerprint density at radius 2 is 0.745 bits per heavy atom. The van der Waals surface area contributed by atoms with Crippen molar-refractivity contribution >= 4 is 154 Å². The lowest BCUT2D eigenvalue weighted by Crippen LogP contribution is -2.33. The summed E-state index contributed by atoms with van der Waals surface area (Å²) < 4.78 is 20.2. The van der Waals surface area contributed by atoms with Crippen LogP contribution in [-0.4, -0.2) is 311 Å². The highest BCUT2D eigenvalue weighted by Crippen LogP contribution is 2.38. The number of rotatable bonds is 31. The molecule has 0 radical (unpaired) electrons. The van der Waals surface area contributed by atoms with Crippen molar-refractivity contribution in [2.45, 2.75) is 117 Å². The molecule has 16 heterocycles. The standard InChI is InChI=1S/C23H30N6O2.C22H29N7O2.C22H26N6O2.C21H25ClN6O.C21H26N6O/c1-17-15-19(18(16-21(17)31)24-9-14-30)26-22-20-7-3-6-12-29(20)27-23(22)25-8-13-28-10-4-2-5-11-28;23-16-14-17(24)20(31-13-12-30)15-18(16)26-21-19-6-2-5-10-29(19)27-22(21)25-7-11-28-8-3-1-4-9-28;29-19-14-17-20(30-13-8-23-17)15-16(19)25-21-18-6-2-5-11-28(18)26-22(21)24-7-12-27-9-3-1-4-10-27;1-14-13-15(18(23)17(22)20(14)29)25-19-16-7-3-6-11-28(16)26-21(19)24-8-12-27-9-4-2-5-10-27;1-15-13-17(16(22)14-19(15)28)24-20-18-7-3-6-11-27(18)25-21(20)23-8-12-26-9-4-2-5-10-26/h3,6-7,12,15-16,24,30H,2,4-5,8-11,13-14H2,1H3,(H,25,27);2,5-6,10,14-15,23,30H,1,3-4,7-9,11-13,24H2,(H,25,27);2,5-6,11,14-15,23H,1,3-4,7-10,12-13H2,(H,24,26);3,6-7,11,13H,2,4-5,8-10,12,23H2,1H3,(H,24,26);3,6-7,11,13-14H,2,4-5,8-10,12,22H2,1H3,(H,23,25). The number of likely N-dealkylation sites (tertiary alicyclic amines) is 5. The summed E-state index contributed by atoms with van der Waals surface area (Å²) in [6.45, 7) is 27.2. The maximum atomic E-state index is 12.6. The summed E-state index contributed by atoms with van der Waals surface area (Å²) >= 11 is 6.12. The lowest BCUT2D eigenvalue weighted by molar-refractivity contribution is -0.112. The number of fused-ring (bicyclic) bond motifs is 6. The lowest BCUT2D eigenvalue weighted by Gasteiger charge is -2.26. The number of ether oxygens (including phenoxy) is 2. The maximum absolute atomic E-state index is 12.6. The van der Waals surface area contributed by atoms with Crippen LogP contribution in [-0.2, 0) is 28.7 Å². The highest BCUT2D eigenvalue weighted by molar-refractivity contribution is 6.51. The first kappa shape index (κ1) is 106. The molecular weight excluding hydrogens is 1910 g/mol. The summed E-state index contributed by atoms with van der Waals surface area (Å²) in [6.07, 6.45) is 43.4. The number of hydrogen-bond donors (Lipinski definition) is 13. The van der Waals surface area contributed by atoms with Crippen LogP contribution in [0.4, 0.5) is 57.5 Å². The Bertz CT molecular complexity index is 7030. The van der Waals surface area contributed by atoms with Crippen LogP contribution in [0.2, 0.25) is 0 Å². The summed E-state index contributed by atoms with van der Waals surface area (Å²) in [7, 11) is 0. The molecule has 10 aromatic rings. The number of halogens is 1. The fraction of sp³-hybridized carbons (Fsp3) is 0.404. The number of allylic oxidation sites excluding steroid dienone is 13. The number of piperidine rings is 5. The molecule has 6 aliphatic heterocycles. The first-order valence-electron chi connectivity index (χ1n) is 52.1. The zero-order valence-electron chi connectivity index (χ0n) is 85.1. The van der Waals surface area contributed by atoms with Crippen molar-refractivity contribution in [2.75, 3.05) is 197 Å². The van der Waals surface area contributed by atoms with E-state index in [2.05, 4.69) is 82.1 Å². The SMILES string of the molecule is CC1=CC(=Nc2c(NCCN3CCCCC3)nn3ccccc23)C(N)=C(Cl)C1=O.CC1=CC(=Nc2c(NCCN3CCCCC3)nn3ccccc23)C(N)=CC1=O.CC1=CC(=Nc2c(NCCN3CCCCC3)nn3ccccc23)C(NCCO)=CC1=O.N=C1C=C(N)C(OCCO)=CC1=Nc1c(NCCN2CCCCC2)nn2ccccc12.O=C1C=C2NCCOC2=CC1=Nc1c(NCCN2CCCCC2)nn2ccccc12. The molecule has 782 valence electrons. The highest BCUT2D eigenvalue weighted by Gasteiger charge is 2.30. The summed E-state index contributed by atoms with van der Waals surface area (Å²) in [6, 6.07) is 29.2. The van der Waals surface area contributed by atoms with E-state index in [1.165, 1.54) is 122 Å².